The van der Waals surface area contributed by atoms with Gasteiger partial charge in [0.15, 0.2) is 0 Å². The number of H-pyrrole nitrogens is 1. The van der Waals surface area contributed by atoms with Gasteiger partial charge in [0.1, 0.15) is 0 Å². The lowest BCUT2D eigenvalue weighted by molar-refractivity contribution is -0.0685. The third-order valence-electron chi connectivity index (χ3n) is 4.85. The van der Waals surface area contributed by atoms with Crippen LogP contribution in [-0.4, -0.2) is 35.1 Å². The number of halogens is 2. The lowest BCUT2D eigenvalue weighted by atomic mass is 9.79. The maximum Gasteiger partial charge on any atom is 0.312 e. The van der Waals surface area contributed by atoms with Crippen molar-refractivity contribution in [3.63, 3.8) is 0 Å². The molecule has 0 bridgehead atoms. The Morgan fingerprint density at radius 2 is 2.09 bits per heavy atom. The predicted octanol–water partition coefficient (Wildman–Crippen LogP) is 2.91. The fraction of sp³-hybridized carbons (Fsp3) is 0.500. The molecule has 1 aliphatic carbocycles. The number of benzene rings is 1. The molecule has 2 aliphatic rings. The Bertz CT molecular complexity index is 748. The first-order chi connectivity index (χ1) is 10.6. The van der Waals surface area contributed by atoms with E-state index in [-0.39, 0.29) is 18.4 Å². The number of aromatic amines is 1. The van der Waals surface area contributed by atoms with Gasteiger partial charge >= 0.3 is 5.92 Å². The molecule has 4 nitrogen and oxygen atoms in total. The highest BCUT2D eigenvalue weighted by Crippen LogP contribution is 2.40. The second-order valence-corrected chi connectivity index (χ2v) is 6.06. The van der Waals surface area contributed by atoms with Crippen LogP contribution in [0.25, 0.3) is 10.9 Å². The molecule has 2 aromatic rings. The Labute approximate surface area is 125 Å². The molecule has 0 radical (unpaired) electrons. The summed E-state index contributed by atoms with van der Waals surface area (Å²) in [5.41, 5.74) is 2.33. The molecule has 0 amide bonds. The molecule has 0 saturated carbocycles. The maximum atomic E-state index is 14.7. The van der Waals surface area contributed by atoms with Crippen LogP contribution in [0.4, 0.5) is 8.78 Å². The fourth-order valence-electron chi connectivity index (χ4n) is 3.45. The van der Waals surface area contributed by atoms with Gasteiger partial charge < -0.3 is 4.74 Å². The Morgan fingerprint density at radius 3 is 2.77 bits per heavy atom. The third-order valence-corrected chi connectivity index (χ3v) is 4.85. The lowest BCUT2D eigenvalue weighted by Crippen LogP contribution is -2.41. The van der Waals surface area contributed by atoms with Gasteiger partial charge in [-0.1, -0.05) is 0 Å². The quantitative estimate of drug-likeness (QED) is 0.887. The number of alkyl halides is 2. The van der Waals surface area contributed by atoms with Gasteiger partial charge in [0, 0.05) is 24.5 Å². The highest BCUT2D eigenvalue weighted by molar-refractivity contribution is 6.12. The summed E-state index contributed by atoms with van der Waals surface area (Å²) in [6, 6.07) is 1.93. The average molecular weight is 306 g/mol. The van der Waals surface area contributed by atoms with Crippen molar-refractivity contribution in [3.8, 4) is 0 Å². The number of hydrogen-bond donors (Lipinski definition) is 1. The number of ether oxygens (including phenoxy) is 1. The minimum Gasteiger partial charge on any atom is -0.381 e. The van der Waals surface area contributed by atoms with Crippen molar-refractivity contribution in [1.29, 1.82) is 0 Å². The number of Topliss-reactive ketones (excluding diaryl/α,β-unsaturated/α-hetero) is 1. The highest BCUT2D eigenvalue weighted by atomic mass is 19.3. The molecule has 1 fully saturated rings. The van der Waals surface area contributed by atoms with E-state index in [1.54, 1.807) is 6.20 Å². The number of carbonyl (C=O) groups is 1. The minimum atomic E-state index is -3.35. The van der Waals surface area contributed by atoms with E-state index in [4.69, 9.17) is 4.74 Å². The molecular weight excluding hydrogens is 290 g/mol. The number of aryl methyl sites for hydroxylation is 1. The summed E-state index contributed by atoms with van der Waals surface area (Å²) in [6.45, 7) is 0.583. The molecule has 22 heavy (non-hydrogen) atoms. The summed E-state index contributed by atoms with van der Waals surface area (Å²) in [7, 11) is 0. The van der Waals surface area contributed by atoms with Gasteiger partial charge in [-0.3, -0.25) is 9.89 Å². The van der Waals surface area contributed by atoms with Crippen molar-refractivity contribution < 1.29 is 18.3 Å². The molecule has 1 N–H and O–H groups in total. The number of ketones is 1. The van der Waals surface area contributed by atoms with Crippen molar-refractivity contribution >= 4 is 16.7 Å². The second kappa shape index (κ2) is 4.84. The van der Waals surface area contributed by atoms with Crippen molar-refractivity contribution in [2.45, 2.75) is 31.6 Å². The van der Waals surface area contributed by atoms with Crippen molar-refractivity contribution in [3.05, 3.63) is 29.0 Å². The first-order valence-electron chi connectivity index (χ1n) is 7.57. The van der Waals surface area contributed by atoms with Crippen LogP contribution in [0.5, 0.6) is 0 Å². The SMILES string of the molecule is O=C(c1c2c(cc3cn[nH]c13)CC2)C(F)(F)C1CCOCC1. The molecule has 1 saturated heterocycles. The van der Waals surface area contributed by atoms with E-state index in [1.165, 1.54) is 0 Å². The van der Waals surface area contributed by atoms with Crippen LogP contribution >= 0.6 is 0 Å². The van der Waals surface area contributed by atoms with Crippen LogP contribution < -0.4 is 0 Å². The zero-order chi connectivity index (χ0) is 15.3. The topological polar surface area (TPSA) is 55.0 Å². The van der Waals surface area contributed by atoms with Crippen LogP contribution in [0.3, 0.4) is 0 Å². The maximum absolute atomic E-state index is 14.7. The van der Waals surface area contributed by atoms with E-state index < -0.39 is 17.6 Å². The van der Waals surface area contributed by atoms with Crippen molar-refractivity contribution in [1.82, 2.24) is 10.2 Å². The van der Waals surface area contributed by atoms with E-state index in [0.717, 1.165) is 22.9 Å². The number of fused-ring (bicyclic) bond motifs is 2. The molecule has 1 aromatic heterocycles. The number of rotatable bonds is 3. The molecule has 6 heteroatoms. The number of nitrogens with zero attached hydrogens (tertiary/aromatic N) is 1. The van der Waals surface area contributed by atoms with Gasteiger partial charge in [-0.15, -0.1) is 0 Å². The molecule has 1 aromatic carbocycles. The summed E-state index contributed by atoms with van der Waals surface area (Å²) >= 11 is 0. The summed E-state index contributed by atoms with van der Waals surface area (Å²) in [5, 5.41) is 7.35. The van der Waals surface area contributed by atoms with Gasteiger partial charge in [0.05, 0.1) is 17.3 Å². The summed E-state index contributed by atoms with van der Waals surface area (Å²) < 4.78 is 34.6. The normalized spacial score (nSPS) is 19.0. The number of hydrogen-bond acceptors (Lipinski definition) is 3. The van der Waals surface area contributed by atoms with Crippen molar-refractivity contribution in [2.24, 2.45) is 5.92 Å². The number of aromatic nitrogens is 2. The molecule has 0 atom stereocenters. The summed E-state index contributed by atoms with van der Waals surface area (Å²) in [4.78, 5) is 12.6. The number of nitrogens with one attached hydrogen (secondary N) is 1. The molecule has 1 aliphatic heterocycles. The van der Waals surface area contributed by atoms with E-state index >= 15 is 0 Å². The van der Waals surface area contributed by atoms with Crippen LogP contribution in [0.1, 0.15) is 34.3 Å². The smallest absolute Gasteiger partial charge is 0.312 e. The molecular formula is C16H16F2N2O2. The first-order valence-corrected chi connectivity index (χ1v) is 7.57. The molecule has 4 rings (SSSR count). The summed E-state index contributed by atoms with van der Waals surface area (Å²) in [5.74, 6) is -5.36. The third kappa shape index (κ3) is 1.90. The Hall–Kier alpha value is -1.82. The Kier molecular flexibility index (Phi) is 3.04. The van der Waals surface area contributed by atoms with E-state index in [9.17, 15) is 13.6 Å². The van der Waals surface area contributed by atoms with Crippen LogP contribution in [0.2, 0.25) is 0 Å². The van der Waals surface area contributed by atoms with Crippen LogP contribution in [-0.2, 0) is 17.6 Å². The minimum absolute atomic E-state index is 0.146. The molecule has 0 unspecified atom stereocenters. The predicted molar refractivity (Wildman–Crippen MR) is 76.3 cm³/mol. The van der Waals surface area contributed by atoms with Gasteiger partial charge in [-0.05, 0) is 42.9 Å². The van der Waals surface area contributed by atoms with E-state index in [1.807, 2.05) is 6.07 Å². The Morgan fingerprint density at radius 1 is 1.32 bits per heavy atom. The molecule has 2 heterocycles. The van der Waals surface area contributed by atoms with Crippen molar-refractivity contribution in [2.75, 3.05) is 13.2 Å². The highest BCUT2D eigenvalue weighted by Gasteiger charge is 2.49. The summed E-state index contributed by atoms with van der Waals surface area (Å²) in [6.07, 6.45) is 3.53. The Balaban J connectivity index is 1.79. The van der Waals surface area contributed by atoms with Crippen LogP contribution in [0, 0.1) is 5.92 Å². The van der Waals surface area contributed by atoms with Crippen LogP contribution in [0.15, 0.2) is 12.3 Å². The zero-order valence-electron chi connectivity index (χ0n) is 12.0. The average Bonchev–Trinajstić information content (AvgIpc) is 2.97. The van der Waals surface area contributed by atoms with Gasteiger partial charge in [-0.2, -0.15) is 13.9 Å². The number of carbonyl (C=O) groups excluding carboxylic acids is 1. The molecule has 116 valence electrons. The van der Waals surface area contributed by atoms with E-state index in [0.29, 0.717) is 25.2 Å². The fourth-order valence-corrected chi connectivity index (χ4v) is 3.45. The standard InChI is InChI=1S/C16H16F2N2O2/c17-16(18,11-3-5-22-6-4-11)15(21)13-12-2-1-9(12)7-10-8-19-20-14(10)13/h7-8,11H,1-6H2,(H,19,20). The lowest BCUT2D eigenvalue weighted by Gasteiger charge is -2.31. The van der Waals surface area contributed by atoms with Gasteiger partial charge in [0.25, 0.3) is 0 Å². The van der Waals surface area contributed by atoms with Gasteiger partial charge in [-0.25, -0.2) is 0 Å². The van der Waals surface area contributed by atoms with E-state index in [2.05, 4.69) is 10.2 Å². The van der Waals surface area contributed by atoms with Gasteiger partial charge in [0.2, 0.25) is 5.78 Å². The first kappa shape index (κ1) is 13.8. The molecule has 0 spiro atoms. The largest absolute Gasteiger partial charge is 0.381 e. The second-order valence-electron chi connectivity index (χ2n) is 6.06. The monoisotopic (exact) mass is 306 g/mol. The zero-order valence-corrected chi connectivity index (χ0v) is 12.0.